The molecule has 0 aromatic carbocycles. The summed E-state index contributed by atoms with van der Waals surface area (Å²) in [5, 5.41) is 16.7. The highest BCUT2D eigenvalue weighted by atomic mass is 16.5. The Hall–Kier alpha value is -2.69. The molecule has 10 nitrogen and oxygen atoms in total. The van der Waals surface area contributed by atoms with E-state index in [4.69, 9.17) is 14.5 Å². The van der Waals surface area contributed by atoms with Gasteiger partial charge in [0.1, 0.15) is 5.82 Å². The second-order valence-corrected chi connectivity index (χ2v) is 13.4. The van der Waals surface area contributed by atoms with Crippen LogP contribution >= 0.6 is 0 Å². The van der Waals surface area contributed by atoms with Crippen LogP contribution in [-0.4, -0.2) is 86.7 Å². The van der Waals surface area contributed by atoms with E-state index in [1.807, 2.05) is 19.1 Å². The Balaban J connectivity index is 1.33. The van der Waals surface area contributed by atoms with Gasteiger partial charge in [-0.15, -0.1) is 0 Å². The number of carbonyl (C=O) groups excluding carboxylic acids is 2. The average molecular weight is 672 g/mol. The number of ether oxygens (including phenoxy) is 2. The van der Waals surface area contributed by atoms with E-state index in [0.717, 1.165) is 31.7 Å². The van der Waals surface area contributed by atoms with Crippen molar-refractivity contribution in [3.63, 3.8) is 0 Å². The van der Waals surface area contributed by atoms with E-state index in [9.17, 15) is 14.7 Å². The summed E-state index contributed by atoms with van der Waals surface area (Å²) in [7, 11) is 0. The molecule has 272 valence electrons. The normalized spacial score (nSPS) is 16.6. The first-order valence-corrected chi connectivity index (χ1v) is 19.1. The maximum absolute atomic E-state index is 12.9. The number of nitrogens with one attached hydrogen (secondary N) is 2. The van der Waals surface area contributed by atoms with Crippen molar-refractivity contribution in [3.8, 4) is 0 Å². The van der Waals surface area contributed by atoms with E-state index in [-0.39, 0.29) is 11.8 Å². The monoisotopic (exact) mass is 671 g/mol. The number of carbonyl (C=O) groups is 2. The largest absolute Gasteiger partial charge is 0.387 e. The summed E-state index contributed by atoms with van der Waals surface area (Å²) in [6, 6.07) is 3.36. The summed E-state index contributed by atoms with van der Waals surface area (Å²) in [6.07, 6.45) is 22.2. The van der Waals surface area contributed by atoms with Gasteiger partial charge in [0.25, 0.3) is 0 Å². The first kappa shape index (κ1) is 39.7. The molecule has 1 aromatic heterocycles. The van der Waals surface area contributed by atoms with Gasteiger partial charge in [0.05, 0.1) is 44.3 Å². The lowest BCUT2D eigenvalue weighted by atomic mass is 10.0. The van der Waals surface area contributed by atoms with Gasteiger partial charge in [-0.2, -0.15) is 0 Å². The number of nitrogens with zero attached hydrogens (tertiary/aromatic N) is 3. The molecule has 3 rings (SSSR count). The summed E-state index contributed by atoms with van der Waals surface area (Å²) in [5.41, 5.74) is 0.613. The fourth-order valence-corrected chi connectivity index (χ4v) is 6.38. The molecule has 0 saturated carbocycles. The number of hydrogen-bond donors (Lipinski definition) is 3. The molecule has 2 amide bonds. The van der Waals surface area contributed by atoms with Crippen LogP contribution in [0.3, 0.4) is 0 Å². The summed E-state index contributed by atoms with van der Waals surface area (Å²) in [5.74, 6) is 1.16. The van der Waals surface area contributed by atoms with Crippen molar-refractivity contribution in [2.75, 3.05) is 67.7 Å². The fraction of sp³-hybridized carbons (Fsp3) is 0.763. The molecule has 2 atom stereocenters. The molecule has 0 radical (unpaired) electrons. The van der Waals surface area contributed by atoms with E-state index >= 15 is 0 Å². The third-order valence-corrected chi connectivity index (χ3v) is 9.41. The molecule has 0 aliphatic carbocycles. The van der Waals surface area contributed by atoms with Crippen LogP contribution in [0.1, 0.15) is 123 Å². The fourth-order valence-electron chi connectivity index (χ4n) is 6.38. The Morgan fingerprint density at radius 2 is 1.31 bits per heavy atom. The van der Waals surface area contributed by atoms with Gasteiger partial charge in [-0.1, -0.05) is 104 Å². The molecule has 0 spiro atoms. The van der Waals surface area contributed by atoms with Crippen LogP contribution < -0.4 is 20.4 Å². The van der Waals surface area contributed by atoms with Gasteiger partial charge in [-0.05, 0) is 31.1 Å². The van der Waals surface area contributed by atoms with Crippen molar-refractivity contribution in [2.45, 2.75) is 135 Å². The van der Waals surface area contributed by atoms with Gasteiger partial charge in [0.2, 0.25) is 11.8 Å². The lowest BCUT2D eigenvalue weighted by Gasteiger charge is -2.32. The van der Waals surface area contributed by atoms with Gasteiger partial charge in [0, 0.05) is 38.7 Å². The minimum atomic E-state index is -0.966. The molecule has 3 N–H and O–H groups in total. The zero-order chi connectivity index (χ0) is 34.2. The van der Waals surface area contributed by atoms with E-state index in [2.05, 4.69) is 27.4 Å². The molecule has 0 unspecified atom stereocenters. The van der Waals surface area contributed by atoms with Gasteiger partial charge in [-0.25, -0.2) is 4.98 Å². The maximum atomic E-state index is 12.9. The topological polar surface area (TPSA) is 116 Å². The van der Waals surface area contributed by atoms with E-state index in [1.54, 1.807) is 0 Å². The number of aromatic nitrogens is 1. The van der Waals surface area contributed by atoms with Crippen LogP contribution in [0.2, 0.25) is 0 Å². The lowest BCUT2D eigenvalue weighted by molar-refractivity contribution is -0.122. The minimum absolute atomic E-state index is 0.0463. The maximum Gasteiger partial charge on any atom is 0.248 e. The zero-order valence-electron chi connectivity index (χ0n) is 30.1. The lowest BCUT2D eigenvalue weighted by Crippen LogP contribution is -2.42. The Bertz CT molecular complexity index is 1060. The highest BCUT2D eigenvalue weighted by molar-refractivity contribution is 6.01. The summed E-state index contributed by atoms with van der Waals surface area (Å²) < 4.78 is 11.0. The second-order valence-electron chi connectivity index (χ2n) is 13.4. The van der Waals surface area contributed by atoms with Crippen molar-refractivity contribution < 1.29 is 24.2 Å². The van der Waals surface area contributed by atoms with E-state index in [1.165, 1.54) is 95.6 Å². The van der Waals surface area contributed by atoms with Crippen molar-refractivity contribution in [1.29, 1.82) is 0 Å². The summed E-state index contributed by atoms with van der Waals surface area (Å²) >= 11 is 0. The Labute approximate surface area is 290 Å². The highest BCUT2D eigenvalue weighted by Gasteiger charge is 2.21. The number of anilines is 3. The van der Waals surface area contributed by atoms with Crippen LogP contribution in [0, 0.1) is 0 Å². The first-order chi connectivity index (χ1) is 23.5. The molecule has 2 saturated heterocycles. The number of aliphatic hydroxyl groups excluding tert-OH is 1. The number of amides is 2. The predicted octanol–water partition coefficient (Wildman–Crippen LogP) is 6.77. The average Bonchev–Trinajstić information content (AvgIpc) is 3.12. The second kappa shape index (κ2) is 24.4. The molecular weight excluding hydrogens is 606 g/mol. The number of unbranched alkanes of at least 4 members (excludes halogenated alkanes) is 14. The molecule has 2 aliphatic heterocycles. The highest BCUT2D eigenvalue weighted by Crippen LogP contribution is 2.28. The number of morpholine rings is 2. The van der Waals surface area contributed by atoms with Crippen LogP contribution in [0.5, 0.6) is 0 Å². The van der Waals surface area contributed by atoms with Crippen molar-refractivity contribution in [2.24, 2.45) is 0 Å². The molecule has 0 bridgehead atoms. The van der Waals surface area contributed by atoms with Crippen molar-refractivity contribution >= 4 is 29.1 Å². The summed E-state index contributed by atoms with van der Waals surface area (Å²) in [6.45, 7) is 9.66. The van der Waals surface area contributed by atoms with Crippen molar-refractivity contribution in [3.05, 3.63) is 24.3 Å². The Kier molecular flexibility index (Phi) is 20.2. The predicted molar refractivity (Wildman–Crippen MR) is 196 cm³/mol. The first-order valence-electron chi connectivity index (χ1n) is 19.1. The molecular formula is C38H65N5O5. The van der Waals surface area contributed by atoms with Gasteiger partial charge >= 0.3 is 0 Å². The zero-order valence-corrected chi connectivity index (χ0v) is 30.1. The van der Waals surface area contributed by atoms with Crippen LogP contribution in [0.25, 0.3) is 0 Å². The van der Waals surface area contributed by atoms with E-state index < -0.39 is 12.1 Å². The van der Waals surface area contributed by atoms with Gasteiger partial charge in [-0.3, -0.25) is 9.59 Å². The smallest absolute Gasteiger partial charge is 0.248 e. The quantitative estimate of drug-likeness (QED) is 0.0815. The third kappa shape index (κ3) is 15.7. The van der Waals surface area contributed by atoms with Crippen LogP contribution in [0.4, 0.5) is 17.3 Å². The van der Waals surface area contributed by atoms with Gasteiger partial charge in [0.15, 0.2) is 5.82 Å². The number of rotatable bonds is 24. The van der Waals surface area contributed by atoms with Gasteiger partial charge < -0.3 is 35.0 Å². The summed E-state index contributed by atoms with van der Waals surface area (Å²) in [4.78, 5) is 34.8. The van der Waals surface area contributed by atoms with Crippen molar-refractivity contribution in [1.82, 2.24) is 10.3 Å². The Morgan fingerprint density at radius 3 is 1.85 bits per heavy atom. The van der Waals surface area contributed by atoms with Crippen LogP contribution in [0.15, 0.2) is 24.3 Å². The molecule has 1 aromatic rings. The molecule has 2 aliphatic rings. The third-order valence-electron chi connectivity index (χ3n) is 9.41. The number of aliphatic hydroxyl groups is 1. The van der Waals surface area contributed by atoms with E-state index in [0.29, 0.717) is 63.9 Å². The van der Waals surface area contributed by atoms with Crippen LogP contribution in [-0.2, 0) is 19.1 Å². The Morgan fingerprint density at radius 1 is 0.792 bits per heavy atom. The minimum Gasteiger partial charge on any atom is -0.387 e. The standard InChI is InChI=1S/C38H65N5O5/c1-3-5-6-7-8-9-10-11-12-13-14-15-16-17-18-19-36(45)39-32(4-2)34(44)21-23-37(46)40-33-20-22-35(42-24-28-47-29-25-42)41-38(33)43-26-30-48-31-27-43/h20-23,32,34,44H,3-19,24-31H2,1-2H3,(H,39,45)(H,40,46)/b23-21+/t32-,34+/m0/s1. The molecule has 3 heterocycles. The number of hydrogen-bond acceptors (Lipinski definition) is 8. The number of pyridine rings is 1. The molecule has 10 heteroatoms. The SMILES string of the molecule is CCCCCCCCCCCCCCCCCC(=O)N[C@@H](CC)[C@H](O)/C=C/C(=O)Nc1ccc(N2CCOCC2)nc1N1CCOCC1. The molecule has 2 fully saturated rings. The molecule has 48 heavy (non-hydrogen) atoms.